The Morgan fingerprint density at radius 1 is 1.07 bits per heavy atom. The Morgan fingerprint density at radius 2 is 1.75 bits per heavy atom. The third-order valence-corrected chi connectivity index (χ3v) is 5.33. The highest BCUT2D eigenvalue weighted by Gasteiger charge is 2.61. The number of fused-ring (bicyclic) bond motifs is 1. The molecule has 1 aromatic rings. The minimum atomic E-state index is -2.13. The second-order valence-electron chi connectivity index (χ2n) is 7.06. The maximum atomic E-state index is 13.9. The number of urea groups is 1. The lowest BCUT2D eigenvalue weighted by molar-refractivity contribution is -0.123. The highest BCUT2D eigenvalue weighted by Crippen LogP contribution is 2.43. The molecular formula is C18H15F4N3O3. The molecule has 1 aromatic carbocycles. The zero-order valence-electron chi connectivity index (χ0n) is 14.5. The van der Waals surface area contributed by atoms with Gasteiger partial charge in [-0.3, -0.25) is 19.8 Å². The number of hydrogen-bond donors (Lipinski definition) is 2. The van der Waals surface area contributed by atoms with Gasteiger partial charge in [0.15, 0.2) is 28.8 Å². The summed E-state index contributed by atoms with van der Waals surface area (Å²) in [6, 6.07) is -0.549. The standard InChI is InChI=1S/C18H15F4N3O3/c19-10-6-9(12(20)14(22)13(10)21)15(26)24-18-7-11(18)25(17(28)23-16(18)27)8-4-2-1-3-5-8/h6-8H,1-5H2,(H,24,26)(H,23,27,28). The van der Waals surface area contributed by atoms with Crippen LogP contribution < -0.4 is 10.6 Å². The second-order valence-corrected chi connectivity index (χ2v) is 7.06. The van der Waals surface area contributed by atoms with Gasteiger partial charge >= 0.3 is 6.03 Å². The Hall–Kier alpha value is -2.91. The van der Waals surface area contributed by atoms with Gasteiger partial charge in [0.05, 0.1) is 11.3 Å². The van der Waals surface area contributed by atoms with Crippen molar-refractivity contribution < 1.29 is 31.9 Å². The molecule has 10 heteroatoms. The molecule has 6 nitrogen and oxygen atoms in total. The van der Waals surface area contributed by atoms with Crippen LogP contribution in [0.5, 0.6) is 0 Å². The van der Waals surface area contributed by atoms with E-state index in [1.165, 1.54) is 11.0 Å². The van der Waals surface area contributed by atoms with Gasteiger partial charge in [-0.05, 0) is 25.0 Å². The first-order valence-corrected chi connectivity index (χ1v) is 8.79. The van der Waals surface area contributed by atoms with Crippen LogP contribution in [0.25, 0.3) is 0 Å². The van der Waals surface area contributed by atoms with Gasteiger partial charge in [0.2, 0.25) is 0 Å². The quantitative estimate of drug-likeness (QED) is 0.467. The molecule has 1 unspecified atom stereocenters. The van der Waals surface area contributed by atoms with Crippen LogP contribution in [0.4, 0.5) is 22.4 Å². The molecule has 2 N–H and O–H groups in total. The number of amides is 4. The Bertz CT molecular complexity index is 942. The first-order valence-electron chi connectivity index (χ1n) is 8.79. The predicted molar refractivity (Wildman–Crippen MR) is 86.8 cm³/mol. The van der Waals surface area contributed by atoms with Gasteiger partial charge in [-0.25, -0.2) is 22.4 Å². The molecule has 4 rings (SSSR count). The van der Waals surface area contributed by atoms with Crippen molar-refractivity contribution in [2.24, 2.45) is 0 Å². The first-order chi connectivity index (χ1) is 13.3. The lowest BCUT2D eigenvalue weighted by Crippen LogP contribution is -2.63. The van der Waals surface area contributed by atoms with Crippen LogP contribution in [0.2, 0.25) is 0 Å². The molecule has 0 radical (unpaired) electrons. The van der Waals surface area contributed by atoms with Crippen molar-refractivity contribution in [3.8, 4) is 0 Å². The van der Waals surface area contributed by atoms with Crippen molar-refractivity contribution >= 4 is 17.8 Å². The Labute approximate surface area is 156 Å². The van der Waals surface area contributed by atoms with Crippen LogP contribution in [-0.2, 0) is 4.79 Å². The average molecular weight is 397 g/mol. The van der Waals surface area contributed by atoms with Gasteiger partial charge in [-0.15, -0.1) is 0 Å². The number of rotatable bonds is 3. The van der Waals surface area contributed by atoms with Crippen LogP contribution in [0.3, 0.4) is 0 Å². The highest BCUT2D eigenvalue weighted by molar-refractivity contribution is 6.14. The third-order valence-electron chi connectivity index (χ3n) is 5.33. The Kier molecular flexibility index (Phi) is 4.16. The minimum absolute atomic E-state index is 0.149. The summed E-state index contributed by atoms with van der Waals surface area (Å²) >= 11 is 0. The van der Waals surface area contributed by atoms with Crippen molar-refractivity contribution in [1.82, 2.24) is 15.5 Å². The van der Waals surface area contributed by atoms with Gasteiger partial charge in [0, 0.05) is 6.04 Å². The fourth-order valence-corrected chi connectivity index (χ4v) is 3.82. The fourth-order valence-electron chi connectivity index (χ4n) is 3.82. The summed E-state index contributed by atoms with van der Waals surface area (Å²) in [6.45, 7) is 0. The molecule has 3 aliphatic rings. The van der Waals surface area contributed by atoms with Gasteiger partial charge in [-0.2, -0.15) is 0 Å². The van der Waals surface area contributed by atoms with E-state index in [-0.39, 0.29) is 17.8 Å². The summed E-state index contributed by atoms with van der Waals surface area (Å²) in [5, 5.41) is 4.35. The fraction of sp³-hybridized carbons (Fsp3) is 0.389. The van der Waals surface area contributed by atoms with Gasteiger partial charge < -0.3 is 5.32 Å². The third kappa shape index (κ3) is 2.66. The molecule has 1 saturated heterocycles. The summed E-state index contributed by atoms with van der Waals surface area (Å²) in [6.07, 6.45) is 5.64. The molecule has 2 fully saturated rings. The van der Waals surface area contributed by atoms with E-state index in [2.05, 4.69) is 10.6 Å². The molecule has 28 heavy (non-hydrogen) atoms. The molecule has 1 heterocycles. The lowest BCUT2D eigenvalue weighted by Gasteiger charge is -2.38. The largest absolute Gasteiger partial charge is 0.329 e. The Morgan fingerprint density at radius 3 is 2.43 bits per heavy atom. The Balaban J connectivity index is 1.59. The van der Waals surface area contributed by atoms with Crippen molar-refractivity contribution in [2.45, 2.75) is 43.7 Å². The number of carbonyl (C=O) groups is 3. The summed E-state index contributed by atoms with van der Waals surface area (Å²) in [7, 11) is 0. The van der Waals surface area contributed by atoms with E-state index in [0.717, 1.165) is 32.1 Å². The maximum Gasteiger partial charge on any atom is 0.328 e. The van der Waals surface area contributed by atoms with Crippen LogP contribution in [0.1, 0.15) is 42.5 Å². The molecule has 0 bridgehead atoms. The van der Waals surface area contributed by atoms with Crippen LogP contribution in [-0.4, -0.2) is 34.3 Å². The monoisotopic (exact) mass is 397 g/mol. The van der Waals surface area contributed by atoms with Crippen molar-refractivity contribution in [2.75, 3.05) is 0 Å². The van der Waals surface area contributed by atoms with E-state index in [1.807, 2.05) is 0 Å². The van der Waals surface area contributed by atoms with Crippen molar-refractivity contribution in [3.05, 3.63) is 46.7 Å². The van der Waals surface area contributed by atoms with E-state index in [4.69, 9.17) is 0 Å². The second kappa shape index (κ2) is 6.32. The maximum absolute atomic E-state index is 13.9. The summed E-state index contributed by atoms with van der Waals surface area (Å²) in [5.41, 5.74) is -2.54. The summed E-state index contributed by atoms with van der Waals surface area (Å²) in [4.78, 5) is 38.3. The lowest BCUT2D eigenvalue weighted by atomic mass is 9.93. The van der Waals surface area contributed by atoms with Crippen molar-refractivity contribution in [3.63, 3.8) is 0 Å². The van der Waals surface area contributed by atoms with Gasteiger partial charge in [0.25, 0.3) is 11.8 Å². The zero-order chi connectivity index (χ0) is 20.2. The van der Waals surface area contributed by atoms with E-state index in [1.54, 1.807) is 0 Å². The number of halogens is 4. The average Bonchev–Trinajstić information content (AvgIpc) is 3.39. The SMILES string of the molecule is O=C(NC12C=C1N(C1CCCCC1)C(=O)NC2=O)c1cc(F)c(F)c(F)c1F. The van der Waals surface area contributed by atoms with Gasteiger partial charge in [-0.1, -0.05) is 19.3 Å². The molecule has 148 valence electrons. The van der Waals surface area contributed by atoms with Crippen LogP contribution >= 0.6 is 0 Å². The normalized spacial score (nSPS) is 24.4. The van der Waals surface area contributed by atoms with Crippen LogP contribution in [0, 0.1) is 23.3 Å². The molecule has 1 atom stereocenters. The smallest absolute Gasteiger partial charge is 0.328 e. The minimum Gasteiger partial charge on any atom is -0.329 e. The van der Waals surface area contributed by atoms with E-state index in [9.17, 15) is 31.9 Å². The highest BCUT2D eigenvalue weighted by atomic mass is 19.2. The zero-order valence-corrected chi connectivity index (χ0v) is 14.5. The molecule has 0 spiro atoms. The van der Waals surface area contributed by atoms with E-state index in [0.29, 0.717) is 0 Å². The van der Waals surface area contributed by atoms with E-state index < -0.39 is 52.2 Å². The van der Waals surface area contributed by atoms with Crippen LogP contribution in [0.15, 0.2) is 17.8 Å². The van der Waals surface area contributed by atoms with E-state index >= 15 is 0 Å². The van der Waals surface area contributed by atoms with Crippen molar-refractivity contribution in [1.29, 1.82) is 0 Å². The first kappa shape index (κ1) is 18.5. The molecule has 4 amide bonds. The molecule has 1 aliphatic heterocycles. The molecule has 0 aromatic heterocycles. The molecule has 1 saturated carbocycles. The number of benzene rings is 1. The molecular weight excluding hydrogens is 382 g/mol. The summed E-state index contributed by atoms with van der Waals surface area (Å²) < 4.78 is 53.8. The number of nitrogens with one attached hydrogen (secondary N) is 2. The molecule has 2 aliphatic carbocycles. The number of nitrogens with zero attached hydrogens (tertiary/aromatic N) is 1. The topological polar surface area (TPSA) is 78.5 Å². The number of carbonyl (C=O) groups excluding carboxylic acids is 3. The number of hydrogen-bond acceptors (Lipinski definition) is 3. The predicted octanol–water partition coefficient (Wildman–Crippen LogP) is 2.49. The number of imide groups is 1. The summed E-state index contributed by atoms with van der Waals surface area (Å²) in [5.74, 6) is -9.93. The van der Waals surface area contributed by atoms with Gasteiger partial charge in [0.1, 0.15) is 0 Å².